The molecule has 1 aliphatic carbocycles. The van der Waals surface area contributed by atoms with Crippen LogP contribution < -0.4 is 15.7 Å². The highest BCUT2D eigenvalue weighted by atomic mass is 32.2. The van der Waals surface area contributed by atoms with Crippen LogP contribution in [0.25, 0.3) is 12.2 Å². The second-order valence-electron chi connectivity index (χ2n) is 6.13. The number of amides is 1. The van der Waals surface area contributed by atoms with Crippen LogP contribution in [-0.2, 0) is 11.2 Å². The van der Waals surface area contributed by atoms with Crippen LogP contribution in [0.1, 0.15) is 72.8 Å². The summed E-state index contributed by atoms with van der Waals surface area (Å²) in [6, 6.07) is 8.23. The number of anilines is 1. The van der Waals surface area contributed by atoms with Crippen LogP contribution in [-0.4, -0.2) is 23.2 Å². The third kappa shape index (κ3) is 7.05. The molecule has 1 aromatic carbocycles. The van der Waals surface area contributed by atoms with E-state index < -0.39 is 0 Å². The van der Waals surface area contributed by atoms with E-state index in [4.69, 9.17) is 4.42 Å². The maximum Gasteiger partial charge on any atom is 0.257 e. The average Bonchev–Trinajstić information content (AvgIpc) is 3.13. The number of nitrogens with zero attached hydrogens (tertiary/aromatic N) is 2. The Kier molecular flexibility index (Phi) is 12.9. The number of carbonyl (C=O) groups is 1. The minimum absolute atomic E-state index is 0.124. The van der Waals surface area contributed by atoms with Gasteiger partial charge in [0.1, 0.15) is 5.35 Å². The van der Waals surface area contributed by atoms with Crippen molar-refractivity contribution in [2.45, 2.75) is 78.9 Å². The Morgan fingerprint density at radius 3 is 2.47 bits per heavy atom. The summed E-state index contributed by atoms with van der Waals surface area (Å²) in [5, 5.41) is 1.50. The number of aromatic nitrogens is 1. The number of benzene rings is 1. The van der Waals surface area contributed by atoms with Gasteiger partial charge in [0.15, 0.2) is 5.42 Å². The Morgan fingerprint density at radius 1 is 1.03 bits per heavy atom. The SMILES string of the molecule is CC.CC.CC.O=C(CSc1nc2c(o1)=CCCC=2)N1CCCCc2ccccc21. The van der Waals surface area contributed by atoms with E-state index in [-0.39, 0.29) is 5.91 Å². The van der Waals surface area contributed by atoms with Crippen LogP contribution in [0.4, 0.5) is 5.69 Å². The molecule has 30 heavy (non-hydrogen) atoms. The normalized spacial score (nSPS) is 13.7. The Morgan fingerprint density at radius 2 is 1.73 bits per heavy atom. The lowest BCUT2D eigenvalue weighted by molar-refractivity contribution is -0.116. The van der Waals surface area contributed by atoms with Gasteiger partial charge in [-0.05, 0) is 49.8 Å². The van der Waals surface area contributed by atoms with Crippen molar-refractivity contribution in [3.63, 3.8) is 0 Å². The number of oxazole rings is 1. The number of rotatable bonds is 3. The van der Waals surface area contributed by atoms with Gasteiger partial charge in [-0.15, -0.1) is 0 Å². The third-order valence-corrected chi connectivity index (χ3v) is 5.29. The average molecular weight is 431 g/mol. The number of aryl methyl sites for hydroxylation is 1. The Bertz CT molecular complexity index is 840. The predicted molar refractivity (Wildman–Crippen MR) is 130 cm³/mol. The van der Waals surface area contributed by atoms with Crippen molar-refractivity contribution in [3.8, 4) is 0 Å². The summed E-state index contributed by atoms with van der Waals surface area (Å²) in [5.74, 6) is 0.478. The van der Waals surface area contributed by atoms with Crippen LogP contribution in [0.3, 0.4) is 0 Å². The maximum absolute atomic E-state index is 12.8. The van der Waals surface area contributed by atoms with E-state index in [1.807, 2.05) is 58.6 Å². The summed E-state index contributed by atoms with van der Waals surface area (Å²) in [7, 11) is 0. The minimum atomic E-state index is 0.124. The Balaban J connectivity index is 0.000000691. The first-order chi connectivity index (χ1) is 14.8. The molecule has 4 nitrogen and oxygen atoms in total. The molecule has 2 heterocycles. The molecule has 4 rings (SSSR count). The molecule has 0 saturated heterocycles. The molecule has 2 aromatic rings. The molecule has 166 valence electrons. The standard InChI is InChI=1S/C19H20N2O2S.3C2H6/c22-18(13-24-19-20-15-9-2-4-11-17(15)23-19)21-12-6-5-8-14-7-1-3-10-16(14)21;3*1-2/h1,3,7,9-11H,2,4-6,8,12-13H2;3*1-2H3. The summed E-state index contributed by atoms with van der Waals surface area (Å²) in [6.45, 7) is 12.8. The molecule has 0 spiro atoms. The largest absolute Gasteiger partial charge is 0.432 e. The number of para-hydroxylation sites is 1. The van der Waals surface area contributed by atoms with Gasteiger partial charge in [0.25, 0.3) is 5.22 Å². The molecule has 2 aliphatic rings. The molecule has 0 atom stereocenters. The molecule has 0 unspecified atom stereocenters. The van der Waals surface area contributed by atoms with Crippen molar-refractivity contribution >= 4 is 35.5 Å². The molecule has 1 aliphatic heterocycles. The van der Waals surface area contributed by atoms with E-state index in [0.29, 0.717) is 11.0 Å². The fourth-order valence-corrected chi connectivity index (χ4v) is 3.98. The number of carbonyl (C=O) groups excluding carboxylic acids is 1. The number of hydrogen-bond donors (Lipinski definition) is 0. The molecule has 0 N–H and O–H groups in total. The zero-order chi connectivity index (χ0) is 22.4. The first kappa shape index (κ1) is 26.0. The lowest BCUT2D eigenvalue weighted by Gasteiger charge is -2.22. The van der Waals surface area contributed by atoms with Gasteiger partial charge >= 0.3 is 0 Å². The van der Waals surface area contributed by atoms with Gasteiger partial charge < -0.3 is 9.32 Å². The first-order valence-corrected chi connectivity index (χ1v) is 12.5. The number of hydrogen-bond acceptors (Lipinski definition) is 4. The Labute approximate surface area is 186 Å². The van der Waals surface area contributed by atoms with Gasteiger partial charge in [-0.3, -0.25) is 4.79 Å². The van der Waals surface area contributed by atoms with Crippen molar-refractivity contribution in [1.29, 1.82) is 0 Å². The number of thioether (sulfide) groups is 1. The van der Waals surface area contributed by atoms with Gasteiger partial charge in [0.2, 0.25) is 5.91 Å². The van der Waals surface area contributed by atoms with E-state index in [9.17, 15) is 4.79 Å². The van der Waals surface area contributed by atoms with Crippen molar-refractivity contribution in [3.05, 3.63) is 40.6 Å². The second kappa shape index (κ2) is 14.9. The van der Waals surface area contributed by atoms with Crippen LogP contribution in [0.5, 0.6) is 0 Å². The zero-order valence-corrected chi connectivity index (χ0v) is 20.3. The molecule has 1 amide bonds. The van der Waals surface area contributed by atoms with Gasteiger partial charge in [-0.25, -0.2) is 4.98 Å². The molecule has 0 fully saturated rings. The molecule has 0 radical (unpaired) electrons. The van der Waals surface area contributed by atoms with E-state index in [1.54, 1.807) is 0 Å². The van der Waals surface area contributed by atoms with E-state index in [2.05, 4.69) is 29.3 Å². The summed E-state index contributed by atoms with van der Waals surface area (Å²) in [6.07, 6.45) is 9.39. The maximum atomic E-state index is 12.8. The molecule has 0 saturated carbocycles. The molecular formula is C25H38N2O2S. The fraction of sp³-hybridized carbons (Fsp3) is 0.520. The van der Waals surface area contributed by atoms with Gasteiger partial charge in [-0.2, -0.15) is 0 Å². The highest BCUT2D eigenvalue weighted by Gasteiger charge is 2.21. The van der Waals surface area contributed by atoms with E-state index in [0.717, 1.165) is 55.1 Å². The summed E-state index contributed by atoms with van der Waals surface area (Å²) in [5.41, 5.74) is 3.18. The predicted octanol–water partition coefficient (Wildman–Crippen LogP) is 5.57. The van der Waals surface area contributed by atoms with Crippen molar-refractivity contribution in [2.24, 2.45) is 0 Å². The minimum Gasteiger partial charge on any atom is -0.432 e. The summed E-state index contributed by atoms with van der Waals surface area (Å²) in [4.78, 5) is 19.1. The summed E-state index contributed by atoms with van der Waals surface area (Å²) >= 11 is 1.39. The Hall–Kier alpha value is -2.01. The molecule has 0 bridgehead atoms. The lowest BCUT2D eigenvalue weighted by Crippen LogP contribution is -2.33. The number of fused-ring (bicyclic) bond motifs is 2. The van der Waals surface area contributed by atoms with Crippen LogP contribution in [0.2, 0.25) is 0 Å². The highest BCUT2D eigenvalue weighted by Crippen LogP contribution is 2.27. The molecular weight excluding hydrogens is 392 g/mol. The quantitative estimate of drug-likeness (QED) is 0.597. The monoisotopic (exact) mass is 430 g/mol. The second-order valence-corrected chi connectivity index (χ2v) is 7.06. The topological polar surface area (TPSA) is 46.3 Å². The van der Waals surface area contributed by atoms with E-state index in [1.165, 1.54) is 17.3 Å². The molecule has 5 heteroatoms. The fourth-order valence-electron chi connectivity index (χ4n) is 3.26. The van der Waals surface area contributed by atoms with Crippen LogP contribution in [0.15, 0.2) is 33.9 Å². The van der Waals surface area contributed by atoms with Gasteiger partial charge in [0.05, 0.1) is 5.75 Å². The lowest BCUT2D eigenvalue weighted by atomic mass is 10.1. The van der Waals surface area contributed by atoms with Crippen molar-refractivity contribution in [1.82, 2.24) is 4.98 Å². The summed E-state index contributed by atoms with van der Waals surface area (Å²) < 4.78 is 5.73. The smallest absolute Gasteiger partial charge is 0.257 e. The van der Waals surface area contributed by atoms with Crippen molar-refractivity contribution in [2.75, 3.05) is 17.2 Å². The molecule has 1 aromatic heterocycles. The van der Waals surface area contributed by atoms with Crippen molar-refractivity contribution < 1.29 is 9.21 Å². The third-order valence-electron chi connectivity index (χ3n) is 4.48. The highest BCUT2D eigenvalue weighted by molar-refractivity contribution is 7.99. The van der Waals surface area contributed by atoms with Gasteiger partial charge in [0, 0.05) is 12.2 Å². The van der Waals surface area contributed by atoms with Gasteiger partial charge in [-0.1, -0.05) is 77.6 Å². The van der Waals surface area contributed by atoms with Crippen LogP contribution in [0, 0.1) is 0 Å². The zero-order valence-electron chi connectivity index (χ0n) is 19.5. The van der Waals surface area contributed by atoms with Crippen LogP contribution >= 0.6 is 11.8 Å². The van der Waals surface area contributed by atoms with E-state index >= 15 is 0 Å². The first-order valence-electron chi connectivity index (χ1n) is 11.5.